The van der Waals surface area contributed by atoms with E-state index in [1.807, 2.05) is 12.1 Å². The fourth-order valence-corrected chi connectivity index (χ4v) is 6.64. The van der Waals surface area contributed by atoms with Gasteiger partial charge in [0, 0.05) is 38.2 Å². The van der Waals surface area contributed by atoms with E-state index in [2.05, 4.69) is 151 Å². The summed E-state index contributed by atoms with van der Waals surface area (Å²) in [5.41, 5.74) is 13.6. The molecule has 0 saturated heterocycles. The number of fused-ring (bicyclic) bond motifs is 6. The molecular formula is C42H27NO. The molecule has 0 saturated carbocycles. The number of hydrogen-bond donors (Lipinski definition) is 1. The van der Waals surface area contributed by atoms with Crippen LogP contribution in [-0.4, -0.2) is 4.98 Å². The lowest BCUT2D eigenvalue weighted by Gasteiger charge is -2.09. The molecule has 0 bridgehead atoms. The highest BCUT2D eigenvalue weighted by Crippen LogP contribution is 2.40. The van der Waals surface area contributed by atoms with E-state index in [-0.39, 0.29) is 0 Å². The van der Waals surface area contributed by atoms with Gasteiger partial charge >= 0.3 is 0 Å². The van der Waals surface area contributed by atoms with Gasteiger partial charge in [-0.25, -0.2) is 0 Å². The van der Waals surface area contributed by atoms with Crippen molar-refractivity contribution in [3.05, 3.63) is 158 Å². The molecular weight excluding hydrogens is 534 g/mol. The highest BCUT2D eigenvalue weighted by Gasteiger charge is 2.15. The van der Waals surface area contributed by atoms with E-state index in [1.54, 1.807) is 0 Å². The second kappa shape index (κ2) is 9.86. The molecule has 2 aromatic heterocycles. The summed E-state index contributed by atoms with van der Waals surface area (Å²) in [4.78, 5) is 3.75. The maximum atomic E-state index is 6.31. The largest absolute Gasteiger partial charge is 0.455 e. The summed E-state index contributed by atoms with van der Waals surface area (Å²) in [6.45, 7) is 0. The molecule has 1 N–H and O–H groups in total. The van der Waals surface area contributed by atoms with Crippen LogP contribution in [-0.2, 0) is 0 Å². The third kappa shape index (κ3) is 3.96. The Kier molecular flexibility index (Phi) is 5.54. The summed E-state index contributed by atoms with van der Waals surface area (Å²) < 4.78 is 6.31. The van der Waals surface area contributed by atoms with E-state index in [0.29, 0.717) is 0 Å². The first-order valence-corrected chi connectivity index (χ1v) is 15.0. The van der Waals surface area contributed by atoms with Crippen molar-refractivity contribution in [2.24, 2.45) is 0 Å². The summed E-state index contributed by atoms with van der Waals surface area (Å²) in [5, 5.41) is 4.76. The van der Waals surface area contributed by atoms with Gasteiger partial charge in [0.25, 0.3) is 0 Å². The first kappa shape index (κ1) is 24.7. The van der Waals surface area contributed by atoms with Crippen LogP contribution >= 0.6 is 0 Å². The molecule has 2 heterocycles. The van der Waals surface area contributed by atoms with Gasteiger partial charge in [-0.3, -0.25) is 0 Å². The minimum absolute atomic E-state index is 0.921. The molecule has 2 nitrogen and oxygen atoms in total. The first-order valence-electron chi connectivity index (χ1n) is 15.0. The average molecular weight is 562 g/mol. The average Bonchev–Trinajstić information content (AvgIpc) is 3.67. The van der Waals surface area contributed by atoms with E-state index < -0.39 is 0 Å². The second-order valence-electron chi connectivity index (χ2n) is 11.4. The van der Waals surface area contributed by atoms with Crippen molar-refractivity contribution in [1.82, 2.24) is 4.98 Å². The molecule has 0 fully saturated rings. The molecule has 0 radical (unpaired) electrons. The van der Waals surface area contributed by atoms with E-state index in [0.717, 1.165) is 44.1 Å². The molecule has 2 heteroatoms. The van der Waals surface area contributed by atoms with Crippen molar-refractivity contribution < 1.29 is 4.42 Å². The van der Waals surface area contributed by atoms with E-state index in [4.69, 9.17) is 4.42 Å². The number of benzene rings is 7. The van der Waals surface area contributed by atoms with Crippen molar-refractivity contribution in [3.63, 3.8) is 0 Å². The molecule has 9 aromatic rings. The van der Waals surface area contributed by atoms with Gasteiger partial charge in [0.05, 0.1) is 5.52 Å². The number of rotatable bonds is 4. The molecule has 44 heavy (non-hydrogen) atoms. The minimum atomic E-state index is 0.921. The summed E-state index contributed by atoms with van der Waals surface area (Å²) in [7, 11) is 0. The highest BCUT2D eigenvalue weighted by atomic mass is 16.3. The lowest BCUT2D eigenvalue weighted by atomic mass is 9.94. The molecule has 7 aromatic carbocycles. The Morgan fingerprint density at radius 2 is 0.977 bits per heavy atom. The number of nitrogens with one attached hydrogen (secondary N) is 1. The van der Waals surface area contributed by atoms with Gasteiger partial charge in [0.2, 0.25) is 0 Å². The zero-order valence-electron chi connectivity index (χ0n) is 23.9. The van der Waals surface area contributed by atoms with Crippen LogP contribution < -0.4 is 0 Å². The maximum Gasteiger partial charge on any atom is 0.143 e. The lowest BCUT2D eigenvalue weighted by Crippen LogP contribution is -1.84. The van der Waals surface area contributed by atoms with E-state index in [1.165, 1.54) is 44.2 Å². The molecule has 9 rings (SSSR count). The Labute approximate surface area is 254 Å². The lowest BCUT2D eigenvalue weighted by molar-refractivity contribution is 0.670. The van der Waals surface area contributed by atoms with Gasteiger partial charge in [-0.05, 0) is 63.7 Å². The Morgan fingerprint density at radius 1 is 0.364 bits per heavy atom. The summed E-state index contributed by atoms with van der Waals surface area (Å²) in [6, 6.07) is 56.2. The Balaban J connectivity index is 1.17. The number of para-hydroxylation sites is 2. The first-order chi connectivity index (χ1) is 21.8. The number of furan rings is 1. The molecule has 0 aliphatic heterocycles. The Hall–Kier alpha value is -5.86. The van der Waals surface area contributed by atoms with Gasteiger partial charge in [-0.2, -0.15) is 0 Å². The predicted octanol–water partition coefficient (Wildman–Crippen LogP) is 11.9. The topological polar surface area (TPSA) is 28.9 Å². The van der Waals surface area contributed by atoms with Crippen LogP contribution in [0, 0.1) is 0 Å². The number of aromatic amines is 1. The summed E-state index contributed by atoms with van der Waals surface area (Å²) >= 11 is 0. The third-order valence-corrected chi connectivity index (χ3v) is 8.83. The van der Waals surface area contributed by atoms with Crippen LogP contribution in [0.1, 0.15) is 0 Å². The van der Waals surface area contributed by atoms with Crippen molar-refractivity contribution in [1.29, 1.82) is 0 Å². The fraction of sp³-hybridized carbons (Fsp3) is 0. The van der Waals surface area contributed by atoms with Crippen LogP contribution in [0.15, 0.2) is 162 Å². The van der Waals surface area contributed by atoms with Crippen LogP contribution in [0.5, 0.6) is 0 Å². The quantitative estimate of drug-likeness (QED) is 0.227. The van der Waals surface area contributed by atoms with Crippen molar-refractivity contribution >= 4 is 43.7 Å². The SMILES string of the molecule is c1ccc(-c2cc(-c3ccccc3)c3[nH]c4ccc(-c5ccc(-c6cccc7c6oc6ccccc67)cc5)cc4c3c2)cc1. The van der Waals surface area contributed by atoms with E-state index in [9.17, 15) is 0 Å². The number of aromatic nitrogens is 1. The molecule has 0 aliphatic rings. The van der Waals surface area contributed by atoms with Crippen LogP contribution in [0.2, 0.25) is 0 Å². The molecule has 0 atom stereocenters. The molecule has 0 spiro atoms. The maximum absolute atomic E-state index is 6.31. The van der Waals surface area contributed by atoms with Gasteiger partial charge in [-0.15, -0.1) is 0 Å². The summed E-state index contributed by atoms with van der Waals surface area (Å²) in [6.07, 6.45) is 0. The molecule has 206 valence electrons. The highest BCUT2D eigenvalue weighted by molar-refractivity contribution is 6.14. The zero-order valence-corrected chi connectivity index (χ0v) is 23.9. The smallest absolute Gasteiger partial charge is 0.143 e. The standard InChI is InChI=1S/C42H27NO/c1-3-10-27(11-4-1)32-25-36(29-12-5-2-6-13-29)41-38(26-32)37-24-31(22-23-39(37)43-41)28-18-20-30(21-19-28)33-15-9-16-35-34-14-7-8-17-40(34)44-42(33)35/h1-26,43H. The fourth-order valence-electron chi connectivity index (χ4n) is 6.64. The van der Waals surface area contributed by atoms with Crippen molar-refractivity contribution in [2.45, 2.75) is 0 Å². The van der Waals surface area contributed by atoms with Crippen LogP contribution in [0.25, 0.3) is 88.3 Å². The molecule has 0 aliphatic carbocycles. The van der Waals surface area contributed by atoms with E-state index >= 15 is 0 Å². The molecule has 0 amide bonds. The monoisotopic (exact) mass is 561 g/mol. The number of H-pyrrole nitrogens is 1. The molecule has 0 unspecified atom stereocenters. The van der Waals surface area contributed by atoms with Gasteiger partial charge in [0.1, 0.15) is 11.2 Å². The number of hydrogen-bond acceptors (Lipinski definition) is 1. The van der Waals surface area contributed by atoms with Crippen LogP contribution in [0.3, 0.4) is 0 Å². The second-order valence-corrected chi connectivity index (χ2v) is 11.4. The normalized spacial score (nSPS) is 11.6. The summed E-state index contributed by atoms with van der Waals surface area (Å²) in [5.74, 6) is 0. The van der Waals surface area contributed by atoms with Crippen LogP contribution in [0.4, 0.5) is 0 Å². The van der Waals surface area contributed by atoms with Gasteiger partial charge < -0.3 is 9.40 Å². The Morgan fingerprint density at radius 3 is 1.80 bits per heavy atom. The van der Waals surface area contributed by atoms with Gasteiger partial charge in [-0.1, -0.05) is 127 Å². The Bertz CT molecular complexity index is 2470. The van der Waals surface area contributed by atoms with Gasteiger partial charge in [0.15, 0.2) is 0 Å². The van der Waals surface area contributed by atoms with Crippen molar-refractivity contribution in [3.8, 4) is 44.5 Å². The zero-order chi connectivity index (χ0) is 29.0. The van der Waals surface area contributed by atoms with Crippen molar-refractivity contribution in [2.75, 3.05) is 0 Å². The third-order valence-electron chi connectivity index (χ3n) is 8.83. The minimum Gasteiger partial charge on any atom is -0.455 e. The predicted molar refractivity (Wildman–Crippen MR) is 185 cm³/mol.